The number of rotatable bonds is 26. The molecule has 10 atom stereocenters. The van der Waals surface area contributed by atoms with Gasteiger partial charge in [-0.25, -0.2) is 0 Å². The molecule has 0 saturated carbocycles. The summed E-state index contributed by atoms with van der Waals surface area (Å²) in [7, 11) is 0. The zero-order chi connectivity index (χ0) is 60.2. The highest BCUT2D eigenvalue weighted by Crippen LogP contribution is 2.22. The maximum atomic E-state index is 14.2. The zero-order valence-electron chi connectivity index (χ0n) is 49.3. The van der Waals surface area contributed by atoms with Gasteiger partial charge in [-0.1, -0.05) is 116 Å². The lowest BCUT2D eigenvalue weighted by Gasteiger charge is -2.30. The fourth-order valence-corrected chi connectivity index (χ4v) is 10.8. The van der Waals surface area contributed by atoms with Gasteiger partial charge in [-0.05, 0) is 112 Å². The van der Waals surface area contributed by atoms with Gasteiger partial charge in [0.15, 0.2) is 0 Å². The van der Waals surface area contributed by atoms with Crippen LogP contribution in [0.15, 0.2) is 60.7 Å². The van der Waals surface area contributed by atoms with Crippen molar-refractivity contribution < 1.29 is 47.9 Å². The van der Waals surface area contributed by atoms with E-state index in [4.69, 9.17) is 11.5 Å². The average molecular weight is 1140 g/mol. The van der Waals surface area contributed by atoms with Gasteiger partial charge in [0.1, 0.15) is 48.3 Å². The van der Waals surface area contributed by atoms with E-state index >= 15 is 0 Å². The van der Waals surface area contributed by atoms with Gasteiger partial charge in [-0.3, -0.25) is 47.9 Å². The summed E-state index contributed by atoms with van der Waals surface area (Å²) in [4.78, 5) is 141. The standard InChI is InChI=1S/C60H92N12O10/c1-35(2)31-45-53(75)65-44(24-16-28-64-58(80)50(38(7)8)70-56(78)48-26-18-30-72(48)60(82)42(62)34-40-21-13-10-14-22-40)52(74)68-46(32-36(3)4)54(76)66-43(51(73)67-45)23-15-27-63-57(79)49(37(5)6)69-55(77)47-25-17-29-71(47)59(81)41(61)33-39-19-11-9-12-20-39/h9-14,19-22,35-38,41-50H,15-18,23-34,61-62H2,1-8H3,(H,63,79)(H,64,80)(H,65,75)(H,66,76)(H,67,73)(H,68,74)(H,69,77)(H,70,78)/t41-,42-,43+,44+,45+,46+,47+,48+,49+,50+/m1/s1. The summed E-state index contributed by atoms with van der Waals surface area (Å²) in [6, 6.07) is 9.06. The van der Waals surface area contributed by atoms with Crippen molar-refractivity contribution in [2.75, 3.05) is 26.2 Å². The van der Waals surface area contributed by atoms with E-state index in [1.807, 2.05) is 88.4 Å². The van der Waals surface area contributed by atoms with Gasteiger partial charge >= 0.3 is 0 Å². The molecule has 0 bridgehead atoms. The predicted molar refractivity (Wildman–Crippen MR) is 310 cm³/mol. The predicted octanol–water partition coefficient (Wildman–Crippen LogP) is 1.23. The Labute approximate surface area is 483 Å². The van der Waals surface area contributed by atoms with Crippen LogP contribution in [-0.4, -0.2) is 155 Å². The highest BCUT2D eigenvalue weighted by atomic mass is 16.2. The van der Waals surface area contributed by atoms with Gasteiger partial charge < -0.3 is 63.8 Å². The van der Waals surface area contributed by atoms with E-state index in [0.717, 1.165) is 11.1 Å². The number of carbonyl (C=O) groups excluding carboxylic acids is 10. The second-order valence-corrected chi connectivity index (χ2v) is 23.8. The summed E-state index contributed by atoms with van der Waals surface area (Å²) in [6.07, 6.45) is 3.54. The third kappa shape index (κ3) is 19.6. The molecule has 3 aliphatic heterocycles. The van der Waals surface area contributed by atoms with E-state index in [1.54, 1.807) is 27.7 Å². The van der Waals surface area contributed by atoms with Crippen LogP contribution in [0.3, 0.4) is 0 Å². The highest BCUT2D eigenvalue weighted by molar-refractivity contribution is 5.98. The molecule has 22 nitrogen and oxygen atoms in total. The smallest absolute Gasteiger partial charge is 0.243 e. The van der Waals surface area contributed by atoms with Gasteiger partial charge in [0.2, 0.25) is 59.1 Å². The van der Waals surface area contributed by atoms with Crippen LogP contribution in [0.5, 0.6) is 0 Å². The topological polar surface area (TPSA) is 325 Å². The molecule has 5 rings (SSSR count). The van der Waals surface area contributed by atoms with Crippen LogP contribution in [0.25, 0.3) is 0 Å². The molecule has 3 saturated heterocycles. The normalized spacial score (nSPS) is 22.2. The Balaban J connectivity index is 1.17. The lowest BCUT2D eigenvalue weighted by atomic mass is 9.98. The molecule has 22 heteroatoms. The second kappa shape index (κ2) is 32.0. The molecule has 3 heterocycles. The van der Waals surface area contributed by atoms with Crippen LogP contribution in [0.4, 0.5) is 0 Å². The van der Waals surface area contributed by atoms with E-state index < -0.39 is 108 Å². The van der Waals surface area contributed by atoms with Crippen molar-refractivity contribution in [3.63, 3.8) is 0 Å². The van der Waals surface area contributed by atoms with Crippen LogP contribution < -0.4 is 54.0 Å². The third-order valence-electron chi connectivity index (χ3n) is 15.3. The van der Waals surface area contributed by atoms with E-state index in [2.05, 4.69) is 42.5 Å². The van der Waals surface area contributed by atoms with Crippen molar-refractivity contribution in [3.8, 4) is 0 Å². The fourth-order valence-electron chi connectivity index (χ4n) is 10.8. The Morgan fingerprint density at radius 3 is 1.17 bits per heavy atom. The summed E-state index contributed by atoms with van der Waals surface area (Å²) >= 11 is 0. The molecule has 12 N–H and O–H groups in total. The number of hydrogen-bond donors (Lipinski definition) is 10. The minimum Gasteiger partial charge on any atom is -0.354 e. The largest absolute Gasteiger partial charge is 0.354 e. The van der Waals surface area contributed by atoms with Crippen molar-refractivity contribution in [1.82, 2.24) is 52.3 Å². The lowest BCUT2D eigenvalue weighted by molar-refractivity contribution is -0.140. The Kier molecular flexibility index (Phi) is 25.7. The van der Waals surface area contributed by atoms with Crippen LogP contribution in [0, 0.1) is 23.7 Å². The molecule has 3 aliphatic rings. The zero-order valence-corrected chi connectivity index (χ0v) is 49.3. The van der Waals surface area contributed by atoms with Gasteiger partial charge in [0.25, 0.3) is 0 Å². The van der Waals surface area contributed by atoms with Crippen LogP contribution >= 0.6 is 0 Å². The number of amides is 10. The molecule has 10 amide bonds. The quantitative estimate of drug-likeness (QED) is 0.0595. The molecular weight excluding hydrogens is 1050 g/mol. The maximum absolute atomic E-state index is 14.2. The monoisotopic (exact) mass is 1140 g/mol. The fraction of sp³-hybridized carbons (Fsp3) is 0.633. The SMILES string of the molecule is CC(C)C[C@@H]1NC(=O)[C@H](CCCNC(=O)[C@@H](NC(=O)[C@@H]2CCCN2C(=O)[C@H](N)Cc2ccccc2)C(C)C)NC(=O)[C@H](CC(C)C)NC(=O)[C@H](CCCNC(=O)[C@@H](NC(=O)[C@@H]2CCCN2C(=O)[C@H](N)Cc2ccccc2)C(C)C)NC1=O. The van der Waals surface area contributed by atoms with Crippen LogP contribution in [-0.2, 0) is 60.8 Å². The first-order chi connectivity index (χ1) is 38.9. The molecular formula is C60H92N12O10. The van der Waals surface area contributed by atoms with Gasteiger partial charge in [0.05, 0.1) is 12.1 Å². The molecule has 0 aliphatic carbocycles. The maximum Gasteiger partial charge on any atom is 0.243 e. The Morgan fingerprint density at radius 2 is 0.841 bits per heavy atom. The Hall–Kier alpha value is -6.94. The summed E-state index contributed by atoms with van der Waals surface area (Å²) in [5.41, 5.74) is 14.5. The third-order valence-corrected chi connectivity index (χ3v) is 15.3. The first kappa shape index (κ1) is 65.9. The summed E-state index contributed by atoms with van der Waals surface area (Å²) in [5.74, 6) is -5.86. The first-order valence-electron chi connectivity index (χ1n) is 29.5. The van der Waals surface area contributed by atoms with E-state index in [9.17, 15) is 47.9 Å². The number of nitrogens with zero attached hydrogens (tertiary/aromatic N) is 2. The molecule has 0 radical (unpaired) electrons. The average Bonchev–Trinajstić information content (AvgIpc) is 4.14. The summed E-state index contributed by atoms with van der Waals surface area (Å²) in [5, 5.41) is 22.7. The minimum absolute atomic E-state index is 0.0373. The highest BCUT2D eigenvalue weighted by Gasteiger charge is 2.41. The van der Waals surface area contributed by atoms with Crippen molar-refractivity contribution in [3.05, 3.63) is 71.8 Å². The molecule has 2 aromatic carbocycles. The van der Waals surface area contributed by atoms with E-state index in [-0.39, 0.29) is 87.1 Å². The molecule has 452 valence electrons. The van der Waals surface area contributed by atoms with Gasteiger partial charge in [-0.15, -0.1) is 0 Å². The lowest BCUT2D eigenvalue weighted by Crippen LogP contribution is -2.61. The van der Waals surface area contributed by atoms with Crippen molar-refractivity contribution >= 4 is 59.1 Å². The number of nitrogens with one attached hydrogen (secondary N) is 8. The number of carbonyl (C=O) groups is 10. The second-order valence-electron chi connectivity index (χ2n) is 23.8. The van der Waals surface area contributed by atoms with Crippen molar-refractivity contribution in [2.45, 2.75) is 193 Å². The van der Waals surface area contributed by atoms with E-state index in [0.29, 0.717) is 51.6 Å². The van der Waals surface area contributed by atoms with Crippen molar-refractivity contribution in [2.24, 2.45) is 35.1 Å². The Morgan fingerprint density at radius 1 is 0.512 bits per heavy atom. The van der Waals surface area contributed by atoms with Crippen molar-refractivity contribution in [1.29, 1.82) is 0 Å². The Bertz CT molecular complexity index is 2330. The van der Waals surface area contributed by atoms with Crippen LogP contribution in [0.2, 0.25) is 0 Å². The molecule has 3 fully saturated rings. The number of benzene rings is 2. The summed E-state index contributed by atoms with van der Waals surface area (Å²) < 4.78 is 0. The van der Waals surface area contributed by atoms with E-state index in [1.165, 1.54) is 9.80 Å². The van der Waals surface area contributed by atoms with Gasteiger partial charge in [-0.2, -0.15) is 0 Å². The summed E-state index contributed by atoms with van der Waals surface area (Å²) in [6.45, 7) is 15.5. The van der Waals surface area contributed by atoms with Gasteiger partial charge in [0, 0.05) is 26.2 Å². The molecule has 2 aromatic rings. The molecule has 0 aromatic heterocycles. The minimum atomic E-state index is -1.17. The molecule has 0 spiro atoms. The number of likely N-dealkylation sites (tertiary alicyclic amines) is 2. The molecule has 82 heavy (non-hydrogen) atoms. The molecule has 0 unspecified atom stereocenters. The number of hydrogen-bond acceptors (Lipinski definition) is 12. The first-order valence-corrected chi connectivity index (χ1v) is 29.5. The number of nitrogens with two attached hydrogens (primary N) is 2. The van der Waals surface area contributed by atoms with Crippen LogP contribution in [0.1, 0.15) is 131 Å².